The number of benzene rings is 1. The van der Waals surface area contributed by atoms with Gasteiger partial charge >= 0.3 is 5.69 Å². The fourth-order valence-electron chi connectivity index (χ4n) is 1.94. The molecule has 0 saturated carbocycles. The number of rotatable bonds is 3. The van der Waals surface area contributed by atoms with Crippen LogP contribution in [0.3, 0.4) is 0 Å². The number of nitrogen functional groups attached to an aromatic ring is 1. The molecule has 1 aromatic carbocycles. The summed E-state index contributed by atoms with van der Waals surface area (Å²) in [6.07, 6.45) is 0. The largest absolute Gasteiger partial charge is 0.398 e. The molecule has 0 unspecified atom stereocenters. The predicted molar refractivity (Wildman–Crippen MR) is 80.0 cm³/mol. The Morgan fingerprint density at radius 2 is 2.15 bits per heavy atom. The molecule has 0 aliphatic rings. The molecule has 0 saturated heterocycles. The Labute approximate surface area is 126 Å². The molecule has 20 heavy (non-hydrogen) atoms. The van der Waals surface area contributed by atoms with E-state index in [9.17, 15) is 14.0 Å². The lowest BCUT2D eigenvalue weighted by Crippen LogP contribution is -2.00. The number of halogens is 2. The van der Waals surface area contributed by atoms with Crippen LogP contribution in [-0.2, 0) is 0 Å². The Bertz CT molecular complexity index is 704. The molecule has 2 aromatic rings. The highest BCUT2D eigenvalue weighted by molar-refractivity contribution is 9.10. The molecule has 0 radical (unpaired) electrons. The number of anilines is 1. The van der Waals surface area contributed by atoms with Crippen LogP contribution in [0.1, 0.15) is 11.3 Å². The lowest BCUT2D eigenvalue weighted by atomic mass is 10.0. The van der Waals surface area contributed by atoms with Crippen LogP contribution in [-0.4, -0.2) is 14.1 Å². The van der Waals surface area contributed by atoms with E-state index in [1.54, 1.807) is 19.1 Å². The molecule has 6 nitrogen and oxygen atoms in total. The molecule has 0 atom stereocenters. The van der Waals surface area contributed by atoms with Gasteiger partial charge in [0.1, 0.15) is 5.69 Å². The number of aryl methyl sites for hydroxylation is 2. The average Bonchev–Trinajstić information content (AvgIpc) is 2.70. The van der Waals surface area contributed by atoms with E-state index in [0.29, 0.717) is 15.7 Å². The van der Waals surface area contributed by atoms with Crippen molar-refractivity contribution in [1.82, 2.24) is 9.19 Å². The normalized spacial score (nSPS) is 10.8. The summed E-state index contributed by atoms with van der Waals surface area (Å²) < 4.78 is 14.6. The Morgan fingerprint density at radius 1 is 1.50 bits per heavy atom. The van der Waals surface area contributed by atoms with Gasteiger partial charge in [0.05, 0.1) is 4.92 Å². The fourth-order valence-corrected chi connectivity index (χ4v) is 2.92. The minimum Gasteiger partial charge on any atom is -0.398 e. The third-order valence-electron chi connectivity index (χ3n) is 2.85. The fraction of sp³-hybridized carbons (Fsp3) is 0.182. The van der Waals surface area contributed by atoms with E-state index in [4.69, 9.17) is 5.73 Å². The number of hydrogen-bond acceptors (Lipinski definition) is 5. The van der Waals surface area contributed by atoms with Crippen molar-refractivity contribution < 1.29 is 8.81 Å². The van der Waals surface area contributed by atoms with Crippen LogP contribution in [0, 0.1) is 24.0 Å². The van der Waals surface area contributed by atoms with Crippen molar-refractivity contribution in [3.05, 3.63) is 38.0 Å². The summed E-state index contributed by atoms with van der Waals surface area (Å²) >= 11 is 3.10. The topological polar surface area (TPSA) is 87.0 Å². The second-order valence-corrected chi connectivity index (χ2v) is 5.57. The van der Waals surface area contributed by atoms with E-state index in [-0.39, 0.29) is 29.4 Å². The van der Waals surface area contributed by atoms with Gasteiger partial charge < -0.3 is 5.73 Å². The molecule has 2 N–H and O–H groups in total. The molecular weight excluding hydrogens is 351 g/mol. The predicted octanol–water partition coefficient (Wildman–Crippen LogP) is 3.80. The minimum atomic E-state index is -0.583. The maximum absolute atomic E-state index is 13.0. The van der Waals surface area contributed by atoms with Gasteiger partial charge in [0.25, 0.3) is 0 Å². The molecule has 9 heteroatoms. The van der Waals surface area contributed by atoms with Crippen molar-refractivity contribution >= 4 is 39.6 Å². The standard InChI is InChI=1S/C11H10BrFN4O2S/c1-5-3-7(12)4-8(9(5)14)11-10(17(18)19)6(2)15-16(11)20-13/h3-4H,14H2,1-2H3. The van der Waals surface area contributed by atoms with Crippen molar-refractivity contribution in [2.24, 2.45) is 0 Å². The smallest absolute Gasteiger partial charge is 0.319 e. The molecule has 1 heterocycles. The summed E-state index contributed by atoms with van der Waals surface area (Å²) in [5.41, 5.74) is 7.35. The summed E-state index contributed by atoms with van der Waals surface area (Å²) in [7, 11) is 0. The molecule has 0 bridgehead atoms. The van der Waals surface area contributed by atoms with Gasteiger partial charge in [0.15, 0.2) is 18.0 Å². The first-order chi connectivity index (χ1) is 9.36. The van der Waals surface area contributed by atoms with Gasteiger partial charge in [-0.1, -0.05) is 15.9 Å². The van der Waals surface area contributed by atoms with E-state index in [0.717, 1.165) is 9.65 Å². The SMILES string of the molecule is Cc1cc(Br)cc(-c2c([N+](=O)[O-])c(C)nn2SF)c1N. The first-order valence-electron chi connectivity index (χ1n) is 5.46. The van der Waals surface area contributed by atoms with Crippen LogP contribution in [0.2, 0.25) is 0 Å². The van der Waals surface area contributed by atoms with Crippen LogP contribution in [0.5, 0.6) is 0 Å². The third-order valence-corrected chi connectivity index (χ3v) is 3.71. The summed E-state index contributed by atoms with van der Waals surface area (Å²) in [4.78, 5) is 10.6. The highest BCUT2D eigenvalue weighted by Crippen LogP contribution is 2.40. The Balaban J connectivity index is 2.85. The first-order valence-corrected chi connectivity index (χ1v) is 6.92. The average molecular weight is 361 g/mol. The zero-order valence-corrected chi connectivity index (χ0v) is 13.0. The molecule has 106 valence electrons. The van der Waals surface area contributed by atoms with Gasteiger partial charge in [-0.3, -0.25) is 10.1 Å². The maximum atomic E-state index is 13.0. The minimum absolute atomic E-state index is 0.0434. The van der Waals surface area contributed by atoms with Crippen molar-refractivity contribution in [1.29, 1.82) is 0 Å². The number of nitro groups is 1. The monoisotopic (exact) mass is 360 g/mol. The van der Waals surface area contributed by atoms with Crippen molar-refractivity contribution in [2.75, 3.05) is 5.73 Å². The lowest BCUT2D eigenvalue weighted by molar-refractivity contribution is -0.384. The highest BCUT2D eigenvalue weighted by Gasteiger charge is 2.29. The summed E-state index contributed by atoms with van der Waals surface area (Å²) in [5, 5.41) is 15.0. The van der Waals surface area contributed by atoms with Crippen molar-refractivity contribution in [2.45, 2.75) is 13.8 Å². The summed E-state index contributed by atoms with van der Waals surface area (Å²) in [6.45, 7) is 3.22. The Morgan fingerprint density at radius 3 is 2.70 bits per heavy atom. The van der Waals surface area contributed by atoms with Gasteiger partial charge in [-0.15, -0.1) is 3.89 Å². The number of nitrogens with two attached hydrogens (primary N) is 1. The first kappa shape index (κ1) is 14.8. The highest BCUT2D eigenvalue weighted by atomic mass is 79.9. The van der Waals surface area contributed by atoms with Gasteiger partial charge in [0, 0.05) is 15.7 Å². The second kappa shape index (κ2) is 5.41. The lowest BCUT2D eigenvalue weighted by Gasteiger charge is -2.09. The molecule has 2 rings (SSSR count). The van der Waals surface area contributed by atoms with Crippen LogP contribution >= 0.6 is 28.3 Å². The summed E-state index contributed by atoms with van der Waals surface area (Å²) in [5.74, 6) is 0. The Hall–Kier alpha value is -1.61. The van der Waals surface area contributed by atoms with Gasteiger partial charge in [-0.05, 0) is 31.5 Å². The molecule has 0 spiro atoms. The van der Waals surface area contributed by atoms with E-state index < -0.39 is 4.92 Å². The molecule has 0 amide bonds. The van der Waals surface area contributed by atoms with Gasteiger partial charge in [-0.25, -0.2) is 0 Å². The van der Waals surface area contributed by atoms with E-state index in [2.05, 4.69) is 21.0 Å². The molecule has 0 fully saturated rings. The van der Waals surface area contributed by atoms with Crippen LogP contribution in [0.4, 0.5) is 15.3 Å². The van der Waals surface area contributed by atoms with Crippen LogP contribution in [0.15, 0.2) is 16.6 Å². The maximum Gasteiger partial charge on any atom is 0.319 e. The number of aromatic nitrogens is 2. The van der Waals surface area contributed by atoms with Crippen LogP contribution in [0.25, 0.3) is 11.3 Å². The molecule has 0 aliphatic heterocycles. The summed E-state index contributed by atoms with van der Waals surface area (Å²) in [6, 6.07) is 3.39. The van der Waals surface area contributed by atoms with Crippen LogP contribution < -0.4 is 5.73 Å². The Kier molecular flexibility index (Phi) is 4.00. The molecule has 0 aliphatic carbocycles. The van der Waals surface area contributed by atoms with Crippen molar-refractivity contribution in [3.8, 4) is 11.3 Å². The van der Waals surface area contributed by atoms with E-state index in [1.165, 1.54) is 6.92 Å². The zero-order valence-electron chi connectivity index (χ0n) is 10.6. The molecular formula is C11H10BrFN4O2S. The number of nitrogens with zero attached hydrogens (tertiary/aromatic N) is 3. The molecule has 1 aromatic heterocycles. The van der Waals surface area contributed by atoms with E-state index >= 15 is 0 Å². The second-order valence-electron chi connectivity index (χ2n) is 4.17. The van der Waals surface area contributed by atoms with Gasteiger partial charge in [0.2, 0.25) is 0 Å². The quantitative estimate of drug-likeness (QED) is 0.510. The van der Waals surface area contributed by atoms with E-state index in [1.807, 2.05) is 0 Å². The van der Waals surface area contributed by atoms with Gasteiger partial charge in [-0.2, -0.15) is 9.19 Å². The third kappa shape index (κ3) is 2.38. The number of hydrogen-bond donors (Lipinski definition) is 1. The zero-order chi connectivity index (χ0) is 15.0. The van der Waals surface area contributed by atoms with Crippen molar-refractivity contribution in [3.63, 3.8) is 0 Å².